The van der Waals surface area contributed by atoms with E-state index < -0.39 is 11.8 Å². The van der Waals surface area contributed by atoms with Crippen molar-refractivity contribution in [3.05, 3.63) is 68.4 Å². The summed E-state index contributed by atoms with van der Waals surface area (Å²) in [6.45, 7) is 0.109. The van der Waals surface area contributed by atoms with Crippen molar-refractivity contribution < 1.29 is 19.2 Å². The number of amides is 4. The summed E-state index contributed by atoms with van der Waals surface area (Å²) >= 11 is 24.4. The van der Waals surface area contributed by atoms with Crippen LogP contribution in [-0.2, 0) is 19.2 Å². The summed E-state index contributed by atoms with van der Waals surface area (Å²) in [5.41, 5.74) is 1.16. The van der Waals surface area contributed by atoms with E-state index >= 15 is 0 Å². The Morgan fingerprint density at radius 1 is 0.684 bits per heavy atom. The molecule has 2 heterocycles. The molecule has 0 atom stereocenters. The number of benzene rings is 2. The zero-order valence-corrected chi connectivity index (χ0v) is 24.1. The normalized spacial score (nSPS) is 17.4. The van der Waals surface area contributed by atoms with Crippen molar-refractivity contribution in [2.45, 2.75) is 12.8 Å². The van der Waals surface area contributed by atoms with Crippen LogP contribution in [0.5, 0.6) is 0 Å². The Bertz CT molecular complexity index is 1260. The van der Waals surface area contributed by atoms with Gasteiger partial charge in [0.2, 0.25) is 11.8 Å². The largest absolute Gasteiger partial charge is 0.326 e. The Kier molecular flexibility index (Phi) is 9.45. The van der Waals surface area contributed by atoms with Crippen LogP contribution in [0.3, 0.4) is 0 Å². The van der Waals surface area contributed by atoms with Crippen LogP contribution in [0.25, 0.3) is 0 Å². The van der Waals surface area contributed by atoms with E-state index in [0.29, 0.717) is 21.4 Å². The molecule has 2 aromatic carbocycles. The molecule has 2 fully saturated rings. The highest BCUT2D eigenvalue weighted by Crippen LogP contribution is 2.42. The zero-order valence-electron chi connectivity index (χ0n) is 19.4. The summed E-state index contributed by atoms with van der Waals surface area (Å²) in [7, 11) is 0. The summed E-state index contributed by atoms with van der Waals surface area (Å²) in [5.74, 6) is -1.52. The molecule has 38 heavy (non-hydrogen) atoms. The average Bonchev–Trinajstić information content (AvgIpc) is 3.32. The summed E-state index contributed by atoms with van der Waals surface area (Å²) < 4.78 is 0.494. The van der Waals surface area contributed by atoms with Crippen LogP contribution in [0, 0.1) is 0 Å². The number of halogens is 2. The number of nitrogens with one attached hydrogen (secondary N) is 2. The van der Waals surface area contributed by atoms with Gasteiger partial charge in [0.1, 0.15) is 8.64 Å². The van der Waals surface area contributed by atoms with E-state index in [4.69, 9.17) is 47.6 Å². The molecule has 0 aliphatic carbocycles. The molecule has 0 unspecified atom stereocenters. The Balaban J connectivity index is 1.34. The first-order valence-electron chi connectivity index (χ1n) is 11.0. The Morgan fingerprint density at radius 2 is 1.03 bits per heavy atom. The lowest BCUT2D eigenvalue weighted by atomic mass is 10.3. The predicted molar refractivity (Wildman–Crippen MR) is 160 cm³/mol. The molecular formula is C24H18Cl2N4O4S4. The number of hydrogen-bond donors (Lipinski definition) is 2. The monoisotopic (exact) mass is 624 g/mol. The molecule has 4 amide bonds. The van der Waals surface area contributed by atoms with Gasteiger partial charge in [-0.25, -0.2) is 0 Å². The Hall–Kier alpha value is -2.48. The summed E-state index contributed by atoms with van der Waals surface area (Å²) in [5, 5.41) is 6.56. The third-order valence-corrected chi connectivity index (χ3v) is 8.82. The van der Waals surface area contributed by atoms with Gasteiger partial charge >= 0.3 is 0 Å². The van der Waals surface area contributed by atoms with Crippen molar-refractivity contribution in [3.63, 3.8) is 0 Å². The van der Waals surface area contributed by atoms with Gasteiger partial charge in [0.25, 0.3) is 11.8 Å². The van der Waals surface area contributed by atoms with E-state index in [9.17, 15) is 19.2 Å². The molecule has 2 aliphatic rings. The molecular weight excluding hydrogens is 607 g/mol. The number of nitrogens with zero attached hydrogens (tertiary/aromatic N) is 2. The van der Waals surface area contributed by atoms with E-state index in [1.165, 1.54) is 9.80 Å². The quantitative estimate of drug-likeness (QED) is 0.302. The van der Waals surface area contributed by atoms with E-state index in [1.807, 2.05) is 0 Å². The minimum Gasteiger partial charge on any atom is -0.326 e. The third kappa shape index (κ3) is 6.93. The minimum absolute atomic E-state index is 0.00599. The Labute approximate surface area is 247 Å². The van der Waals surface area contributed by atoms with Crippen molar-refractivity contribution in [3.8, 4) is 0 Å². The van der Waals surface area contributed by atoms with Crippen LogP contribution < -0.4 is 10.6 Å². The fraction of sp³-hybridized carbons (Fsp3) is 0.167. The van der Waals surface area contributed by atoms with Crippen molar-refractivity contribution in [1.82, 2.24) is 9.80 Å². The molecule has 2 aromatic rings. The second-order valence-corrected chi connectivity index (χ2v) is 12.1. The molecule has 2 N–H and O–H groups in total. The highest BCUT2D eigenvalue weighted by Gasteiger charge is 2.42. The van der Waals surface area contributed by atoms with Gasteiger partial charge in [-0.3, -0.25) is 29.0 Å². The smallest absolute Gasteiger partial charge is 0.267 e. The van der Waals surface area contributed by atoms with Gasteiger partial charge in [0.05, 0.1) is 9.81 Å². The summed E-state index contributed by atoms with van der Waals surface area (Å²) in [6, 6.07) is 13.3. The maximum atomic E-state index is 13.1. The lowest BCUT2D eigenvalue weighted by Crippen LogP contribution is -2.33. The molecule has 0 spiro atoms. The highest BCUT2D eigenvalue weighted by molar-refractivity contribution is 8.29. The predicted octanol–water partition coefficient (Wildman–Crippen LogP) is 5.28. The van der Waals surface area contributed by atoms with Crippen LogP contribution in [0.4, 0.5) is 11.4 Å². The fourth-order valence-electron chi connectivity index (χ4n) is 3.40. The molecule has 0 saturated carbocycles. The van der Waals surface area contributed by atoms with Crippen molar-refractivity contribution in [2.24, 2.45) is 0 Å². The molecule has 0 radical (unpaired) electrons. The van der Waals surface area contributed by atoms with Gasteiger partial charge in [-0.2, -0.15) is 0 Å². The molecule has 196 valence electrons. The zero-order chi connectivity index (χ0) is 27.4. The molecule has 0 bridgehead atoms. The van der Waals surface area contributed by atoms with Crippen LogP contribution in [0.15, 0.2) is 58.3 Å². The molecule has 14 heteroatoms. The topological polar surface area (TPSA) is 98.8 Å². The second-order valence-electron chi connectivity index (χ2n) is 7.92. The minimum atomic E-state index is -0.458. The van der Waals surface area contributed by atoms with Crippen LogP contribution >= 0.6 is 71.2 Å². The maximum Gasteiger partial charge on any atom is 0.267 e. The standard InChI is InChI=1S/C24H18Cl2N4O4S4/c25-13-1-5-15(6-2-13)27-17(31)9-11-29-21(33)19(37-23(29)35)20-22(34)30(24(36)38-20)12-10-18(32)28-16-7-3-14(26)4-8-16/h1-8H,9-12H2,(H,27,31)(H,28,32)/b20-19+. The maximum absolute atomic E-state index is 13.1. The van der Waals surface area contributed by atoms with Crippen molar-refractivity contribution >= 4 is 115 Å². The van der Waals surface area contributed by atoms with E-state index in [-0.39, 0.29) is 56.2 Å². The lowest BCUT2D eigenvalue weighted by Gasteiger charge is -2.14. The number of carbonyl (C=O) groups is 4. The van der Waals surface area contributed by atoms with Gasteiger partial charge in [-0.1, -0.05) is 71.2 Å². The first-order valence-corrected chi connectivity index (χ1v) is 14.3. The average molecular weight is 626 g/mol. The third-order valence-electron chi connectivity index (χ3n) is 5.29. The van der Waals surface area contributed by atoms with Crippen LogP contribution in [0.2, 0.25) is 10.0 Å². The summed E-state index contributed by atoms with van der Waals surface area (Å²) in [6.07, 6.45) is 0.0120. The number of carbonyl (C=O) groups excluding carboxylic acids is 4. The summed E-state index contributed by atoms with van der Waals surface area (Å²) in [4.78, 5) is 53.7. The second kappa shape index (κ2) is 12.6. The van der Waals surface area contributed by atoms with Gasteiger partial charge in [-0.15, -0.1) is 0 Å². The van der Waals surface area contributed by atoms with Gasteiger partial charge in [0, 0.05) is 47.4 Å². The molecule has 2 saturated heterocycles. The highest BCUT2D eigenvalue weighted by atomic mass is 35.5. The molecule has 2 aliphatic heterocycles. The van der Waals surface area contributed by atoms with E-state index in [2.05, 4.69) is 10.6 Å². The Morgan fingerprint density at radius 3 is 1.37 bits per heavy atom. The van der Waals surface area contributed by atoms with E-state index in [1.54, 1.807) is 48.5 Å². The van der Waals surface area contributed by atoms with Gasteiger partial charge < -0.3 is 10.6 Å². The van der Waals surface area contributed by atoms with Gasteiger partial charge in [0.15, 0.2) is 0 Å². The van der Waals surface area contributed by atoms with Crippen LogP contribution in [0.1, 0.15) is 12.8 Å². The van der Waals surface area contributed by atoms with Crippen molar-refractivity contribution in [2.75, 3.05) is 23.7 Å². The van der Waals surface area contributed by atoms with Gasteiger partial charge in [-0.05, 0) is 48.5 Å². The first kappa shape index (κ1) is 28.5. The molecule has 8 nitrogen and oxygen atoms in total. The number of thiocarbonyl (C=S) groups is 2. The molecule has 4 rings (SSSR count). The number of anilines is 2. The van der Waals surface area contributed by atoms with Crippen molar-refractivity contribution in [1.29, 1.82) is 0 Å². The SMILES string of the molecule is O=C(CCN1C(=O)/C(=C2\SC(=S)N(CCC(=O)Nc3ccc(Cl)cc3)C2=O)SC1=S)Nc1ccc(Cl)cc1. The fourth-order valence-corrected chi connectivity index (χ4v) is 6.42. The number of hydrogen-bond acceptors (Lipinski definition) is 8. The first-order chi connectivity index (χ1) is 18.1. The number of thioether (sulfide) groups is 2. The van der Waals surface area contributed by atoms with Crippen LogP contribution in [-0.4, -0.2) is 55.2 Å². The van der Waals surface area contributed by atoms with E-state index in [0.717, 1.165) is 23.5 Å². The molecule has 0 aromatic heterocycles. The number of rotatable bonds is 8. The lowest BCUT2D eigenvalue weighted by molar-refractivity contribution is -0.125.